The SMILES string of the molecule is CCC[C@@H](NC(=O)COC(=O)Cn1[nH]c(=O)ccc1=O)c1ccccc1. The van der Waals surface area contributed by atoms with E-state index in [-0.39, 0.29) is 6.04 Å². The van der Waals surface area contributed by atoms with Gasteiger partial charge in [0.05, 0.1) is 6.04 Å². The molecule has 0 bridgehead atoms. The van der Waals surface area contributed by atoms with Crippen molar-refractivity contribution in [2.24, 2.45) is 0 Å². The molecule has 1 heterocycles. The molecule has 2 aromatic rings. The summed E-state index contributed by atoms with van der Waals surface area (Å²) in [6, 6.07) is 11.5. The number of carbonyl (C=O) groups excluding carboxylic acids is 2. The fourth-order valence-corrected chi connectivity index (χ4v) is 2.43. The predicted molar refractivity (Wildman–Crippen MR) is 94.5 cm³/mol. The molecule has 0 aliphatic carbocycles. The molecule has 0 fully saturated rings. The van der Waals surface area contributed by atoms with E-state index in [9.17, 15) is 19.2 Å². The van der Waals surface area contributed by atoms with Crippen LogP contribution in [0.3, 0.4) is 0 Å². The Kier molecular flexibility index (Phi) is 6.90. The van der Waals surface area contributed by atoms with Gasteiger partial charge in [0.25, 0.3) is 17.0 Å². The summed E-state index contributed by atoms with van der Waals surface area (Å²) in [4.78, 5) is 46.5. The van der Waals surface area contributed by atoms with Crippen LogP contribution in [0.4, 0.5) is 0 Å². The average Bonchev–Trinajstić information content (AvgIpc) is 2.63. The highest BCUT2D eigenvalue weighted by atomic mass is 16.5. The average molecular weight is 359 g/mol. The van der Waals surface area contributed by atoms with Crippen LogP contribution < -0.4 is 16.4 Å². The minimum Gasteiger partial charge on any atom is -0.454 e. The number of H-pyrrole nitrogens is 1. The summed E-state index contributed by atoms with van der Waals surface area (Å²) in [5.41, 5.74) is -0.0825. The quantitative estimate of drug-likeness (QED) is 0.676. The van der Waals surface area contributed by atoms with Crippen molar-refractivity contribution in [3.05, 3.63) is 68.7 Å². The third kappa shape index (κ3) is 5.73. The van der Waals surface area contributed by atoms with Crippen LogP contribution in [0.5, 0.6) is 0 Å². The molecule has 0 radical (unpaired) electrons. The second-order valence-electron chi connectivity index (χ2n) is 5.71. The Bertz CT molecular complexity index is 857. The van der Waals surface area contributed by atoms with Crippen molar-refractivity contribution < 1.29 is 14.3 Å². The molecule has 1 amide bonds. The van der Waals surface area contributed by atoms with E-state index in [0.29, 0.717) is 0 Å². The van der Waals surface area contributed by atoms with Gasteiger partial charge < -0.3 is 10.1 Å². The molecule has 0 spiro atoms. The monoisotopic (exact) mass is 359 g/mol. The number of hydrogen-bond donors (Lipinski definition) is 2. The molecule has 8 nitrogen and oxygen atoms in total. The Morgan fingerprint density at radius 3 is 2.58 bits per heavy atom. The summed E-state index contributed by atoms with van der Waals surface area (Å²) in [6.07, 6.45) is 1.63. The Morgan fingerprint density at radius 2 is 1.88 bits per heavy atom. The Labute approximate surface area is 149 Å². The largest absolute Gasteiger partial charge is 0.454 e. The fraction of sp³-hybridized carbons (Fsp3) is 0.333. The van der Waals surface area contributed by atoms with Gasteiger partial charge in [0.15, 0.2) is 6.61 Å². The third-order valence-corrected chi connectivity index (χ3v) is 3.65. The van der Waals surface area contributed by atoms with Gasteiger partial charge in [-0.25, -0.2) is 4.68 Å². The van der Waals surface area contributed by atoms with E-state index >= 15 is 0 Å². The highest BCUT2D eigenvalue weighted by Crippen LogP contribution is 2.17. The molecule has 1 atom stereocenters. The number of nitrogens with one attached hydrogen (secondary N) is 2. The van der Waals surface area contributed by atoms with Gasteiger partial charge in [-0.2, -0.15) is 0 Å². The van der Waals surface area contributed by atoms with Crippen molar-refractivity contribution in [3.63, 3.8) is 0 Å². The maximum absolute atomic E-state index is 12.1. The number of carbonyl (C=O) groups is 2. The van der Waals surface area contributed by atoms with Gasteiger partial charge in [-0.15, -0.1) is 0 Å². The summed E-state index contributed by atoms with van der Waals surface area (Å²) >= 11 is 0. The zero-order valence-electron chi connectivity index (χ0n) is 14.4. The van der Waals surface area contributed by atoms with Crippen molar-refractivity contribution in [3.8, 4) is 0 Å². The number of rotatable bonds is 8. The highest BCUT2D eigenvalue weighted by Gasteiger charge is 2.15. The molecular weight excluding hydrogens is 338 g/mol. The minimum absolute atomic E-state index is 0.166. The molecular formula is C18H21N3O5. The molecule has 8 heteroatoms. The van der Waals surface area contributed by atoms with E-state index < -0.39 is 36.1 Å². The fourth-order valence-electron chi connectivity index (χ4n) is 2.43. The summed E-state index contributed by atoms with van der Waals surface area (Å²) in [5.74, 6) is -1.23. The van der Waals surface area contributed by atoms with Crippen molar-refractivity contribution in [2.45, 2.75) is 32.4 Å². The lowest BCUT2D eigenvalue weighted by molar-refractivity contribution is -0.149. The zero-order chi connectivity index (χ0) is 18.9. The van der Waals surface area contributed by atoms with Crippen molar-refractivity contribution in [2.75, 3.05) is 6.61 Å². The lowest BCUT2D eigenvalue weighted by Crippen LogP contribution is -2.35. The normalized spacial score (nSPS) is 11.6. The van der Waals surface area contributed by atoms with Gasteiger partial charge in [-0.1, -0.05) is 43.7 Å². The molecule has 0 saturated heterocycles. The molecule has 2 rings (SSSR count). The summed E-state index contributed by atoms with van der Waals surface area (Å²) in [7, 11) is 0. The minimum atomic E-state index is -0.796. The number of amides is 1. The number of aromatic nitrogens is 2. The summed E-state index contributed by atoms with van der Waals surface area (Å²) < 4.78 is 5.71. The predicted octanol–water partition coefficient (Wildman–Crippen LogP) is 0.737. The number of hydrogen-bond acceptors (Lipinski definition) is 5. The maximum Gasteiger partial charge on any atom is 0.328 e. The number of aromatic amines is 1. The van der Waals surface area contributed by atoms with Crippen LogP contribution in [0, 0.1) is 0 Å². The van der Waals surface area contributed by atoms with Gasteiger partial charge in [0, 0.05) is 12.1 Å². The van der Waals surface area contributed by atoms with Gasteiger partial charge in [-0.3, -0.25) is 24.3 Å². The van der Waals surface area contributed by atoms with Gasteiger partial charge in [-0.05, 0) is 12.0 Å². The summed E-state index contributed by atoms with van der Waals surface area (Å²) in [6.45, 7) is 1.08. The molecule has 0 aliphatic heterocycles. The van der Waals surface area contributed by atoms with Crippen LogP contribution in [-0.2, 0) is 20.9 Å². The lowest BCUT2D eigenvalue weighted by atomic mass is 10.0. The van der Waals surface area contributed by atoms with Crippen LogP contribution in [-0.4, -0.2) is 28.3 Å². The first-order chi connectivity index (χ1) is 12.5. The first kappa shape index (κ1) is 19.2. The van der Waals surface area contributed by atoms with E-state index in [1.165, 1.54) is 0 Å². The van der Waals surface area contributed by atoms with Crippen molar-refractivity contribution >= 4 is 11.9 Å². The first-order valence-electron chi connectivity index (χ1n) is 8.29. The maximum atomic E-state index is 12.1. The second-order valence-corrected chi connectivity index (χ2v) is 5.71. The molecule has 138 valence electrons. The number of nitrogens with zero attached hydrogens (tertiary/aromatic N) is 1. The Morgan fingerprint density at radius 1 is 1.15 bits per heavy atom. The summed E-state index contributed by atoms with van der Waals surface area (Å²) in [5, 5.41) is 5.04. The molecule has 0 unspecified atom stereocenters. The van der Waals surface area contributed by atoms with E-state index in [4.69, 9.17) is 4.74 Å². The highest BCUT2D eigenvalue weighted by molar-refractivity contribution is 5.80. The number of benzene rings is 1. The van der Waals surface area contributed by atoms with Crippen LogP contribution >= 0.6 is 0 Å². The van der Waals surface area contributed by atoms with Crippen molar-refractivity contribution in [1.82, 2.24) is 15.1 Å². The zero-order valence-corrected chi connectivity index (χ0v) is 14.4. The lowest BCUT2D eigenvalue weighted by Gasteiger charge is -2.18. The third-order valence-electron chi connectivity index (χ3n) is 3.65. The van der Waals surface area contributed by atoms with Crippen molar-refractivity contribution in [1.29, 1.82) is 0 Å². The van der Waals surface area contributed by atoms with E-state index in [1.807, 2.05) is 37.3 Å². The smallest absolute Gasteiger partial charge is 0.328 e. The first-order valence-corrected chi connectivity index (χ1v) is 8.29. The van der Waals surface area contributed by atoms with E-state index in [1.54, 1.807) is 0 Å². The standard InChI is InChI=1S/C18H21N3O5/c1-2-6-14(13-7-4-3-5-8-13)19-16(23)12-26-18(25)11-21-17(24)10-9-15(22)20-21/h3-5,7-10,14H,2,6,11-12H2,1H3,(H,19,23)(H,20,22)/t14-/m1/s1. The van der Waals surface area contributed by atoms with Gasteiger partial charge in [0.1, 0.15) is 6.54 Å². The Balaban J connectivity index is 1.88. The van der Waals surface area contributed by atoms with E-state index in [2.05, 4.69) is 10.4 Å². The van der Waals surface area contributed by atoms with Crippen LogP contribution in [0.15, 0.2) is 52.1 Å². The molecule has 1 aromatic carbocycles. The second kappa shape index (κ2) is 9.36. The van der Waals surface area contributed by atoms with Crippen LogP contribution in [0.2, 0.25) is 0 Å². The molecule has 26 heavy (non-hydrogen) atoms. The molecule has 0 aliphatic rings. The van der Waals surface area contributed by atoms with Crippen LogP contribution in [0.25, 0.3) is 0 Å². The number of esters is 1. The van der Waals surface area contributed by atoms with E-state index in [0.717, 1.165) is 35.2 Å². The molecule has 2 N–H and O–H groups in total. The molecule has 0 saturated carbocycles. The molecule has 1 aromatic heterocycles. The topological polar surface area (TPSA) is 110 Å². The Hall–Kier alpha value is -3.16. The number of ether oxygens (including phenoxy) is 1. The van der Waals surface area contributed by atoms with Gasteiger partial charge in [0.2, 0.25) is 0 Å². The van der Waals surface area contributed by atoms with Gasteiger partial charge >= 0.3 is 5.97 Å². The van der Waals surface area contributed by atoms with Crippen LogP contribution in [0.1, 0.15) is 31.4 Å².